The maximum atomic E-state index is 13.0. The molecule has 33 heavy (non-hydrogen) atoms. The van der Waals surface area contributed by atoms with Crippen LogP contribution in [0.1, 0.15) is 10.4 Å². The van der Waals surface area contributed by atoms with Crippen LogP contribution in [-0.2, 0) is 9.59 Å². The van der Waals surface area contributed by atoms with Gasteiger partial charge in [-0.05, 0) is 35.7 Å². The quantitative estimate of drug-likeness (QED) is 0.376. The second-order valence-electron chi connectivity index (χ2n) is 7.42. The molecule has 6 N–H and O–H groups in total. The molecule has 3 aromatic rings. The van der Waals surface area contributed by atoms with Crippen LogP contribution in [0.25, 0.3) is 10.8 Å². The second kappa shape index (κ2) is 9.99. The molecule has 3 atom stereocenters. The molecule has 0 radical (unpaired) electrons. The molecule has 0 spiro atoms. The summed E-state index contributed by atoms with van der Waals surface area (Å²) in [7, 11) is 0. The van der Waals surface area contributed by atoms with E-state index in [0.717, 1.165) is 22.9 Å². The largest absolute Gasteiger partial charge is 0.338 e. The summed E-state index contributed by atoms with van der Waals surface area (Å²) in [5, 5.41) is 13.0. The van der Waals surface area contributed by atoms with E-state index in [2.05, 4.69) is 21.3 Å². The zero-order valence-electron chi connectivity index (χ0n) is 17.4. The summed E-state index contributed by atoms with van der Waals surface area (Å²) in [6.07, 6.45) is -0.873. The topological polar surface area (TPSA) is 125 Å². The highest BCUT2D eigenvalue weighted by Gasteiger charge is 2.35. The molecular formula is C23H22FN5O3S. The molecule has 3 aromatic carbocycles. The molecule has 8 nitrogen and oxygen atoms in total. The van der Waals surface area contributed by atoms with Crippen molar-refractivity contribution in [1.29, 1.82) is 0 Å². The van der Waals surface area contributed by atoms with E-state index in [1.165, 1.54) is 23.9 Å². The molecular weight excluding hydrogens is 445 g/mol. The van der Waals surface area contributed by atoms with E-state index in [9.17, 15) is 18.8 Å². The summed E-state index contributed by atoms with van der Waals surface area (Å²) in [5.41, 5.74) is 6.35. The Kier molecular flexibility index (Phi) is 6.87. The van der Waals surface area contributed by atoms with E-state index < -0.39 is 35.3 Å². The minimum absolute atomic E-state index is 0.0699. The molecule has 4 rings (SSSR count). The third-order valence-electron chi connectivity index (χ3n) is 5.10. The highest BCUT2D eigenvalue weighted by Crippen LogP contribution is 2.23. The third kappa shape index (κ3) is 5.48. The van der Waals surface area contributed by atoms with Crippen LogP contribution in [0.4, 0.5) is 10.1 Å². The fourth-order valence-corrected chi connectivity index (χ4v) is 4.29. The first-order chi connectivity index (χ1) is 15.9. The number of fused-ring (bicyclic) bond motifs is 1. The number of nitrogens with two attached hydrogens (primary N) is 1. The van der Waals surface area contributed by atoms with Crippen molar-refractivity contribution >= 4 is 45.9 Å². The average molecular weight is 468 g/mol. The SMILES string of the molecule is NC1NC(SCC(=O)Nc2cccc3ccccc23)NC(=O)C1NC(=O)c1ccc(F)cc1. The first-order valence-corrected chi connectivity index (χ1v) is 11.2. The minimum Gasteiger partial charge on any atom is -0.338 e. The number of amides is 3. The van der Waals surface area contributed by atoms with Crippen LogP contribution in [0.5, 0.6) is 0 Å². The molecule has 0 saturated carbocycles. The Morgan fingerprint density at radius 3 is 2.52 bits per heavy atom. The maximum absolute atomic E-state index is 13.0. The lowest BCUT2D eigenvalue weighted by Gasteiger charge is -2.35. The molecule has 1 heterocycles. The van der Waals surface area contributed by atoms with Gasteiger partial charge in [0.15, 0.2) is 0 Å². The number of halogens is 1. The minimum atomic E-state index is -1.02. The van der Waals surface area contributed by atoms with E-state index in [1.54, 1.807) is 0 Å². The molecule has 3 unspecified atom stereocenters. The summed E-state index contributed by atoms with van der Waals surface area (Å²) < 4.78 is 13.0. The van der Waals surface area contributed by atoms with Gasteiger partial charge in [-0.2, -0.15) is 0 Å². The van der Waals surface area contributed by atoms with Crippen LogP contribution in [0.15, 0.2) is 66.7 Å². The van der Waals surface area contributed by atoms with Gasteiger partial charge in [0.1, 0.15) is 17.4 Å². The van der Waals surface area contributed by atoms with Gasteiger partial charge in [-0.1, -0.05) is 36.4 Å². The average Bonchev–Trinajstić information content (AvgIpc) is 2.80. The molecule has 170 valence electrons. The van der Waals surface area contributed by atoms with E-state index in [1.807, 2.05) is 42.5 Å². The lowest BCUT2D eigenvalue weighted by atomic mass is 10.1. The van der Waals surface area contributed by atoms with Crippen molar-refractivity contribution in [3.63, 3.8) is 0 Å². The number of carbonyl (C=O) groups is 3. The normalized spacial score (nSPS) is 20.2. The van der Waals surface area contributed by atoms with E-state index in [4.69, 9.17) is 5.73 Å². The standard InChI is InChI=1S/C23H22FN5O3S/c24-15-10-8-14(9-11-15)21(31)27-19-20(25)28-23(29-22(19)32)33-12-18(30)26-17-7-3-5-13-4-1-2-6-16(13)17/h1-11,19-20,23,28H,12,25H2,(H,26,30)(H,27,31)(H,29,32). The molecule has 1 saturated heterocycles. The summed E-state index contributed by atoms with van der Waals surface area (Å²) in [4.78, 5) is 37.3. The molecule has 3 amide bonds. The van der Waals surface area contributed by atoms with Gasteiger partial charge in [0, 0.05) is 16.6 Å². The molecule has 0 bridgehead atoms. The lowest BCUT2D eigenvalue weighted by molar-refractivity contribution is -0.125. The third-order valence-corrected chi connectivity index (χ3v) is 6.11. The van der Waals surface area contributed by atoms with E-state index >= 15 is 0 Å². The van der Waals surface area contributed by atoms with Gasteiger partial charge in [-0.15, -0.1) is 11.8 Å². The molecule has 0 aliphatic carbocycles. The van der Waals surface area contributed by atoms with E-state index in [0.29, 0.717) is 5.69 Å². The summed E-state index contributed by atoms with van der Waals surface area (Å²) in [5.74, 6) is -1.66. The molecule has 10 heteroatoms. The molecule has 1 aliphatic heterocycles. The highest BCUT2D eigenvalue weighted by molar-refractivity contribution is 8.00. The number of nitrogens with one attached hydrogen (secondary N) is 4. The lowest BCUT2D eigenvalue weighted by Crippen LogP contribution is -2.70. The Hall–Kier alpha value is -3.47. The van der Waals surface area contributed by atoms with E-state index in [-0.39, 0.29) is 17.2 Å². The second-order valence-corrected chi connectivity index (χ2v) is 8.52. The summed E-state index contributed by atoms with van der Waals surface area (Å²) >= 11 is 1.17. The number of rotatable bonds is 6. The number of thioether (sulfide) groups is 1. The number of hydrogen-bond donors (Lipinski definition) is 5. The van der Waals surface area contributed by atoms with Crippen LogP contribution < -0.4 is 27.0 Å². The van der Waals surface area contributed by atoms with Crippen molar-refractivity contribution in [2.45, 2.75) is 17.7 Å². The van der Waals surface area contributed by atoms with Gasteiger partial charge in [-0.25, -0.2) is 4.39 Å². The van der Waals surface area contributed by atoms with Crippen LogP contribution in [0, 0.1) is 5.82 Å². The molecule has 1 fully saturated rings. The van der Waals surface area contributed by atoms with Gasteiger partial charge in [0.25, 0.3) is 5.91 Å². The van der Waals surface area contributed by atoms with Gasteiger partial charge in [0.05, 0.1) is 11.9 Å². The summed E-state index contributed by atoms with van der Waals surface area (Å²) in [6, 6.07) is 17.3. The smallest absolute Gasteiger partial charge is 0.252 e. The maximum Gasteiger partial charge on any atom is 0.252 e. The molecule has 0 aromatic heterocycles. The zero-order valence-corrected chi connectivity index (χ0v) is 18.2. The fraction of sp³-hybridized carbons (Fsp3) is 0.174. The van der Waals surface area contributed by atoms with Crippen LogP contribution in [0.3, 0.4) is 0 Å². The predicted octanol–water partition coefficient (Wildman–Crippen LogP) is 1.74. The van der Waals surface area contributed by atoms with Crippen LogP contribution in [0.2, 0.25) is 0 Å². The van der Waals surface area contributed by atoms with Crippen molar-refractivity contribution in [1.82, 2.24) is 16.0 Å². The van der Waals surface area contributed by atoms with Crippen LogP contribution in [-0.4, -0.2) is 41.2 Å². The summed E-state index contributed by atoms with van der Waals surface area (Å²) in [6.45, 7) is 0. The van der Waals surface area contributed by atoms with Gasteiger partial charge < -0.3 is 21.7 Å². The number of carbonyl (C=O) groups excluding carboxylic acids is 3. The first kappa shape index (κ1) is 22.7. The highest BCUT2D eigenvalue weighted by atomic mass is 32.2. The van der Waals surface area contributed by atoms with Crippen molar-refractivity contribution < 1.29 is 18.8 Å². The van der Waals surface area contributed by atoms with Crippen molar-refractivity contribution in [2.24, 2.45) is 5.73 Å². The number of hydrogen-bond acceptors (Lipinski definition) is 6. The number of anilines is 1. The molecule has 1 aliphatic rings. The van der Waals surface area contributed by atoms with Crippen molar-refractivity contribution in [3.05, 3.63) is 78.1 Å². The Balaban J connectivity index is 1.30. The van der Waals surface area contributed by atoms with Gasteiger partial charge in [0.2, 0.25) is 11.8 Å². The fourth-order valence-electron chi connectivity index (χ4n) is 3.45. The van der Waals surface area contributed by atoms with Gasteiger partial charge >= 0.3 is 0 Å². The Morgan fingerprint density at radius 2 is 1.76 bits per heavy atom. The Labute approximate surface area is 193 Å². The first-order valence-electron chi connectivity index (χ1n) is 10.2. The monoisotopic (exact) mass is 467 g/mol. The zero-order chi connectivity index (χ0) is 23.4. The van der Waals surface area contributed by atoms with Crippen molar-refractivity contribution in [3.8, 4) is 0 Å². The van der Waals surface area contributed by atoms with Crippen molar-refractivity contribution in [2.75, 3.05) is 11.1 Å². The Bertz CT molecular complexity index is 1180. The van der Waals surface area contributed by atoms with Crippen LogP contribution >= 0.6 is 11.8 Å². The predicted molar refractivity (Wildman–Crippen MR) is 126 cm³/mol. The Morgan fingerprint density at radius 1 is 1.03 bits per heavy atom. The number of benzene rings is 3. The van der Waals surface area contributed by atoms with Gasteiger partial charge in [-0.3, -0.25) is 19.7 Å².